The molecule has 2 fully saturated rings. The first kappa shape index (κ1) is 17.7. The van der Waals surface area contributed by atoms with Crippen molar-refractivity contribution in [1.82, 2.24) is 0 Å². The largest absolute Gasteiger partial charge is 0.456 e. The van der Waals surface area contributed by atoms with Gasteiger partial charge in [-0.2, -0.15) is 0 Å². The molecule has 6 atom stereocenters. The lowest BCUT2D eigenvalue weighted by atomic mass is 9.82. The molecule has 24 heavy (non-hydrogen) atoms. The maximum Gasteiger partial charge on any atom is 0.334 e. The third-order valence-electron chi connectivity index (χ3n) is 6.19. The van der Waals surface area contributed by atoms with Crippen molar-refractivity contribution in [2.24, 2.45) is 11.8 Å². The van der Waals surface area contributed by atoms with Crippen LogP contribution in [0, 0.1) is 11.8 Å². The number of fused-ring (bicyclic) bond motifs is 4. The summed E-state index contributed by atoms with van der Waals surface area (Å²) in [5.74, 6) is -0.197. The highest BCUT2D eigenvalue weighted by molar-refractivity contribution is 5.90. The number of carbonyl (C=O) groups is 1. The minimum atomic E-state index is -0.622. The molecular formula is C20H30O4. The smallest absolute Gasteiger partial charge is 0.334 e. The van der Waals surface area contributed by atoms with Gasteiger partial charge in [0.05, 0.1) is 17.8 Å². The SMILES string of the molecule is C=C1C(=O)OC2C1CC(O)C1(C)CC/C=C(\C)CCCC(C)C2O1. The molecule has 4 heteroatoms. The van der Waals surface area contributed by atoms with Crippen LogP contribution in [0.4, 0.5) is 0 Å². The Morgan fingerprint density at radius 1 is 1.38 bits per heavy atom. The first-order valence-electron chi connectivity index (χ1n) is 9.23. The van der Waals surface area contributed by atoms with Crippen molar-refractivity contribution < 1.29 is 19.4 Å². The van der Waals surface area contributed by atoms with Gasteiger partial charge in [-0.3, -0.25) is 0 Å². The van der Waals surface area contributed by atoms with Crippen LogP contribution in [-0.4, -0.2) is 35.0 Å². The number of aliphatic hydroxyl groups excluding tert-OH is 1. The highest BCUT2D eigenvalue weighted by atomic mass is 16.6. The van der Waals surface area contributed by atoms with Crippen molar-refractivity contribution in [1.29, 1.82) is 0 Å². The van der Waals surface area contributed by atoms with Crippen LogP contribution < -0.4 is 0 Å². The molecule has 1 N–H and O–H groups in total. The Bertz CT molecular complexity index is 552. The standard InChI is InChI=1S/C20H30O4/c1-12-7-5-9-13(2)17-18-15(14(3)19(22)23-18)11-16(21)20(4,24-17)10-6-8-12/h8,13,15-18,21H,3,5-7,9-11H2,1-2,4H3/b12-8+. The molecule has 0 saturated carbocycles. The predicted molar refractivity (Wildman–Crippen MR) is 92.4 cm³/mol. The molecule has 134 valence electrons. The third-order valence-corrected chi connectivity index (χ3v) is 6.19. The Labute approximate surface area is 144 Å². The molecular weight excluding hydrogens is 304 g/mol. The molecule has 3 aliphatic rings. The van der Waals surface area contributed by atoms with Gasteiger partial charge in [0, 0.05) is 11.5 Å². The van der Waals surface area contributed by atoms with E-state index in [1.807, 2.05) is 6.92 Å². The van der Waals surface area contributed by atoms with E-state index in [0.717, 1.165) is 32.1 Å². The van der Waals surface area contributed by atoms with Crippen LogP contribution in [0.25, 0.3) is 0 Å². The fraction of sp³-hybridized carbons (Fsp3) is 0.750. The van der Waals surface area contributed by atoms with E-state index >= 15 is 0 Å². The van der Waals surface area contributed by atoms with Crippen molar-refractivity contribution in [3.05, 3.63) is 23.8 Å². The second-order valence-corrected chi connectivity index (χ2v) is 8.11. The van der Waals surface area contributed by atoms with Gasteiger partial charge in [-0.05, 0) is 58.3 Å². The second-order valence-electron chi connectivity index (χ2n) is 8.11. The van der Waals surface area contributed by atoms with Crippen LogP contribution >= 0.6 is 0 Å². The van der Waals surface area contributed by atoms with Crippen LogP contribution in [0.3, 0.4) is 0 Å². The van der Waals surface area contributed by atoms with Crippen molar-refractivity contribution in [3.8, 4) is 0 Å². The van der Waals surface area contributed by atoms with E-state index in [0.29, 0.717) is 12.0 Å². The Morgan fingerprint density at radius 3 is 2.88 bits per heavy atom. The predicted octanol–water partition coefficient (Wildman–Crippen LogP) is 3.54. The molecule has 0 aromatic heterocycles. The van der Waals surface area contributed by atoms with Gasteiger partial charge in [-0.1, -0.05) is 25.2 Å². The third kappa shape index (κ3) is 3.18. The molecule has 2 bridgehead atoms. The highest BCUT2D eigenvalue weighted by Crippen LogP contribution is 2.44. The number of esters is 1. The lowest BCUT2D eigenvalue weighted by Gasteiger charge is -2.38. The number of aliphatic hydroxyl groups is 1. The van der Waals surface area contributed by atoms with E-state index in [9.17, 15) is 9.90 Å². The monoisotopic (exact) mass is 334 g/mol. The summed E-state index contributed by atoms with van der Waals surface area (Å²) < 4.78 is 12.1. The summed E-state index contributed by atoms with van der Waals surface area (Å²) in [6.07, 6.45) is 6.54. The molecule has 0 radical (unpaired) electrons. The second kappa shape index (κ2) is 6.64. The molecule has 4 nitrogen and oxygen atoms in total. The van der Waals surface area contributed by atoms with E-state index in [2.05, 4.69) is 26.5 Å². The van der Waals surface area contributed by atoms with Crippen LogP contribution in [0.1, 0.15) is 59.3 Å². The average Bonchev–Trinajstić information content (AvgIpc) is 2.72. The van der Waals surface area contributed by atoms with E-state index in [1.54, 1.807) is 0 Å². The minimum absolute atomic E-state index is 0.137. The molecule has 2 saturated heterocycles. The van der Waals surface area contributed by atoms with Gasteiger partial charge in [0.1, 0.15) is 6.10 Å². The van der Waals surface area contributed by atoms with Crippen molar-refractivity contribution >= 4 is 5.97 Å². The maximum atomic E-state index is 12.0. The maximum absolute atomic E-state index is 12.0. The Balaban J connectivity index is 1.95. The van der Waals surface area contributed by atoms with Crippen LogP contribution in [-0.2, 0) is 14.3 Å². The first-order valence-corrected chi connectivity index (χ1v) is 9.23. The number of carbonyl (C=O) groups excluding carboxylic acids is 1. The molecule has 6 unspecified atom stereocenters. The van der Waals surface area contributed by atoms with Crippen molar-refractivity contribution in [3.63, 3.8) is 0 Å². The summed E-state index contributed by atoms with van der Waals surface area (Å²) >= 11 is 0. The van der Waals surface area contributed by atoms with Crippen LogP contribution in [0.15, 0.2) is 23.8 Å². The summed E-state index contributed by atoms with van der Waals surface area (Å²) in [6.45, 7) is 10.3. The molecule has 0 spiro atoms. The van der Waals surface area contributed by atoms with Gasteiger partial charge in [0.2, 0.25) is 0 Å². The lowest BCUT2D eigenvalue weighted by molar-refractivity contribution is -0.182. The summed E-state index contributed by atoms with van der Waals surface area (Å²) in [6, 6.07) is 0. The molecule has 0 aliphatic carbocycles. The van der Waals surface area contributed by atoms with Gasteiger partial charge < -0.3 is 14.6 Å². The van der Waals surface area contributed by atoms with Gasteiger partial charge in [-0.15, -0.1) is 0 Å². The van der Waals surface area contributed by atoms with Crippen molar-refractivity contribution in [2.75, 3.05) is 0 Å². The van der Waals surface area contributed by atoms with E-state index < -0.39 is 11.7 Å². The molecule has 3 rings (SSSR count). The fourth-order valence-corrected chi connectivity index (χ4v) is 4.39. The van der Waals surface area contributed by atoms with E-state index in [4.69, 9.17) is 9.47 Å². The fourth-order valence-electron chi connectivity index (χ4n) is 4.39. The summed E-state index contributed by atoms with van der Waals surface area (Å²) in [7, 11) is 0. The molecule has 0 aromatic rings. The summed E-state index contributed by atoms with van der Waals surface area (Å²) in [5, 5.41) is 10.9. The summed E-state index contributed by atoms with van der Waals surface area (Å²) in [4.78, 5) is 12.0. The molecule has 3 aliphatic heterocycles. The normalized spacial score (nSPS) is 46.2. The Hall–Kier alpha value is -1.13. The quantitative estimate of drug-likeness (QED) is 0.418. The van der Waals surface area contributed by atoms with Crippen LogP contribution in [0.5, 0.6) is 0 Å². The van der Waals surface area contributed by atoms with Gasteiger partial charge >= 0.3 is 5.97 Å². The van der Waals surface area contributed by atoms with Gasteiger partial charge in [-0.25, -0.2) is 4.79 Å². The number of rotatable bonds is 0. The number of hydrogen-bond acceptors (Lipinski definition) is 4. The number of ether oxygens (including phenoxy) is 2. The van der Waals surface area contributed by atoms with Gasteiger partial charge in [0.25, 0.3) is 0 Å². The Kier molecular flexibility index (Phi) is 4.89. The highest BCUT2D eigenvalue weighted by Gasteiger charge is 2.53. The van der Waals surface area contributed by atoms with E-state index in [1.165, 1.54) is 5.57 Å². The topological polar surface area (TPSA) is 55.8 Å². The van der Waals surface area contributed by atoms with E-state index in [-0.39, 0.29) is 30.0 Å². The van der Waals surface area contributed by atoms with Gasteiger partial charge in [0.15, 0.2) is 0 Å². The zero-order valence-corrected chi connectivity index (χ0v) is 15.1. The first-order chi connectivity index (χ1) is 11.3. The zero-order valence-electron chi connectivity index (χ0n) is 15.1. The number of hydrogen-bond donors (Lipinski definition) is 1. The number of allylic oxidation sites excluding steroid dienone is 2. The average molecular weight is 334 g/mol. The minimum Gasteiger partial charge on any atom is -0.456 e. The Morgan fingerprint density at radius 2 is 2.12 bits per heavy atom. The summed E-state index contributed by atoms with van der Waals surface area (Å²) in [5.41, 5.74) is 1.29. The molecule has 0 aromatic carbocycles. The van der Waals surface area contributed by atoms with Crippen molar-refractivity contribution in [2.45, 2.75) is 83.2 Å². The van der Waals surface area contributed by atoms with Crippen LogP contribution in [0.2, 0.25) is 0 Å². The molecule has 3 heterocycles. The zero-order chi connectivity index (χ0) is 17.5. The lowest BCUT2D eigenvalue weighted by Crippen LogP contribution is -2.46. The molecule has 0 amide bonds.